The molecule has 60 heavy (non-hydrogen) atoms. The second kappa shape index (κ2) is 14.0. The van der Waals surface area contributed by atoms with Crippen molar-refractivity contribution in [3.05, 3.63) is 218 Å². The number of furan rings is 1. The van der Waals surface area contributed by atoms with E-state index in [1.165, 1.54) is 41.9 Å². The van der Waals surface area contributed by atoms with E-state index in [9.17, 15) is 0 Å². The predicted octanol–water partition coefficient (Wildman–Crippen LogP) is 16.9. The number of fused-ring (bicyclic) bond motifs is 8. The number of hydrogen-bond acceptors (Lipinski definition) is 4. The minimum atomic E-state index is 0.824. The number of anilines is 6. The van der Waals surface area contributed by atoms with Gasteiger partial charge in [-0.3, -0.25) is 0 Å². The summed E-state index contributed by atoms with van der Waals surface area (Å²) in [5.74, 6) is 0. The fourth-order valence-electron chi connectivity index (χ4n) is 8.95. The van der Waals surface area contributed by atoms with E-state index in [0.717, 1.165) is 67.0 Å². The van der Waals surface area contributed by atoms with Crippen LogP contribution in [-0.2, 0) is 0 Å². The quantitative estimate of drug-likeness (QED) is 0.160. The van der Waals surface area contributed by atoms with E-state index in [4.69, 9.17) is 4.42 Å². The maximum absolute atomic E-state index is 7.25. The van der Waals surface area contributed by atoms with Crippen LogP contribution in [0.25, 0.3) is 74.8 Å². The molecule has 0 saturated carbocycles. The van der Waals surface area contributed by atoms with Gasteiger partial charge in [0.25, 0.3) is 0 Å². The smallest absolute Gasteiger partial charge is 0.161 e. The van der Waals surface area contributed by atoms with Gasteiger partial charge in [-0.05, 0) is 105 Å². The van der Waals surface area contributed by atoms with Crippen LogP contribution in [0.5, 0.6) is 0 Å². The van der Waals surface area contributed by atoms with Crippen LogP contribution >= 0.6 is 11.3 Å². The molecule has 0 N–H and O–H groups in total. The molecular weight excluding hydrogens is 749 g/mol. The first-order chi connectivity index (χ1) is 29.7. The van der Waals surface area contributed by atoms with E-state index < -0.39 is 0 Å². The number of nitrogens with zero attached hydrogens (tertiary/aromatic N) is 2. The Morgan fingerprint density at radius 3 is 1.77 bits per heavy atom. The van der Waals surface area contributed by atoms with Crippen LogP contribution in [0.15, 0.2) is 223 Å². The lowest BCUT2D eigenvalue weighted by Gasteiger charge is -2.33. The van der Waals surface area contributed by atoms with E-state index in [2.05, 4.69) is 228 Å². The van der Waals surface area contributed by atoms with Crippen molar-refractivity contribution in [2.75, 3.05) is 9.80 Å². The van der Waals surface area contributed by atoms with Crippen LogP contribution in [0.2, 0.25) is 0 Å². The molecule has 0 amide bonds. The molecule has 12 rings (SSSR count). The molecule has 2 aromatic heterocycles. The van der Waals surface area contributed by atoms with Gasteiger partial charge in [0.2, 0.25) is 0 Å². The first-order valence-electron chi connectivity index (χ1n) is 20.3. The van der Waals surface area contributed by atoms with Crippen molar-refractivity contribution in [3.8, 4) is 11.1 Å². The van der Waals surface area contributed by atoms with E-state index in [1.807, 2.05) is 11.3 Å². The second-order valence-electron chi connectivity index (χ2n) is 15.3. The van der Waals surface area contributed by atoms with Crippen molar-refractivity contribution in [1.29, 1.82) is 0 Å². The highest BCUT2D eigenvalue weighted by molar-refractivity contribution is 7.26. The van der Waals surface area contributed by atoms with Gasteiger partial charge in [0.1, 0.15) is 11.3 Å². The predicted molar refractivity (Wildman–Crippen MR) is 256 cm³/mol. The lowest BCUT2D eigenvalue weighted by atomic mass is 10.0. The average Bonchev–Trinajstić information content (AvgIpc) is 3.88. The SMILES string of the molecule is c1ccc(-c2ccc(N(c3c(N(c4ccccc4)c4ccc5ccccc5c4)ccc4c3oc3cc5ccccc5cc34)c3cccc4c3sc3ccccc34)cc2)cc1. The molecule has 0 radical (unpaired) electrons. The molecule has 0 fully saturated rings. The summed E-state index contributed by atoms with van der Waals surface area (Å²) in [6.45, 7) is 0. The third-order valence-corrected chi connectivity index (χ3v) is 13.0. The maximum Gasteiger partial charge on any atom is 0.161 e. The molecule has 282 valence electrons. The summed E-state index contributed by atoms with van der Waals surface area (Å²) in [6, 6.07) is 78.7. The van der Waals surface area contributed by atoms with E-state index in [0.29, 0.717) is 0 Å². The van der Waals surface area contributed by atoms with Gasteiger partial charge in [0.05, 0.1) is 16.1 Å². The number of rotatable bonds is 7. The minimum absolute atomic E-state index is 0.824. The van der Waals surface area contributed by atoms with Crippen LogP contribution in [0.1, 0.15) is 0 Å². The van der Waals surface area contributed by atoms with E-state index >= 15 is 0 Å². The first kappa shape index (κ1) is 34.4. The van der Waals surface area contributed by atoms with Gasteiger partial charge in [-0.1, -0.05) is 146 Å². The van der Waals surface area contributed by atoms with Gasteiger partial charge in [-0.2, -0.15) is 0 Å². The maximum atomic E-state index is 7.25. The fourth-order valence-corrected chi connectivity index (χ4v) is 10.2. The van der Waals surface area contributed by atoms with Crippen molar-refractivity contribution in [2.45, 2.75) is 0 Å². The summed E-state index contributed by atoms with van der Waals surface area (Å²) in [5.41, 5.74) is 10.2. The Kier molecular flexibility index (Phi) is 8.03. The Morgan fingerprint density at radius 1 is 0.350 bits per heavy atom. The van der Waals surface area contributed by atoms with Gasteiger partial charge in [-0.15, -0.1) is 11.3 Å². The standard InChI is InChI=1S/C56H36N2OS/c1-3-14-37(15-4-1)39-26-29-44(30-27-39)58(51-24-13-23-48-46-22-11-12-25-53(46)60-56(48)51)54-50(33-32-47-49-35-41-18-9-10-19-42(41)36-52(49)59-55(47)54)57(43-20-5-2-6-21-43)45-31-28-38-16-7-8-17-40(38)34-45/h1-36H. The third kappa shape index (κ3) is 5.65. The highest BCUT2D eigenvalue weighted by Gasteiger charge is 2.29. The lowest BCUT2D eigenvalue weighted by Crippen LogP contribution is -2.17. The summed E-state index contributed by atoms with van der Waals surface area (Å²) >= 11 is 1.84. The van der Waals surface area contributed by atoms with Crippen molar-refractivity contribution >= 4 is 109 Å². The number of hydrogen-bond donors (Lipinski definition) is 0. The number of thiophene rings is 1. The molecule has 10 aromatic carbocycles. The molecule has 0 unspecified atom stereocenters. The fraction of sp³-hybridized carbons (Fsp3) is 0. The molecule has 3 nitrogen and oxygen atoms in total. The molecule has 0 aliphatic carbocycles. The summed E-state index contributed by atoms with van der Waals surface area (Å²) in [6.07, 6.45) is 0. The van der Waals surface area contributed by atoms with Gasteiger partial charge in [0.15, 0.2) is 5.58 Å². The summed E-state index contributed by atoms with van der Waals surface area (Å²) in [7, 11) is 0. The van der Waals surface area contributed by atoms with Crippen LogP contribution in [-0.4, -0.2) is 0 Å². The molecule has 0 saturated heterocycles. The Hall–Kier alpha value is -7.66. The van der Waals surface area contributed by atoms with Crippen LogP contribution in [0.3, 0.4) is 0 Å². The molecule has 4 heteroatoms. The van der Waals surface area contributed by atoms with Crippen molar-refractivity contribution in [3.63, 3.8) is 0 Å². The van der Waals surface area contributed by atoms with Gasteiger partial charge in [0, 0.05) is 43.3 Å². The summed E-state index contributed by atoms with van der Waals surface area (Å²) in [5, 5.41) is 9.36. The Balaban J connectivity index is 1.21. The zero-order valence-corrected chi connectivity index (χ0v) is 33.3. The highest BCUT2D eigenvalue weighted by atomic mass is 32.1. The van der Waals surface area contributed by atoms with Gasteiger partial charge >= 0.3 is 0 Å². The normalized spacial score (nSPS) is 11.7. The van der Waals surface area contributed by atoms with Gasteiger partial charge in [-0.25, -0.2) is 0 Å². The summed E-state index contributed by atoms with van der Waals surface area (Å²) in [4.78, 5) is 4.84. The van der Waals surface area contributed by atoms with Crippen molar-refractivity contribution in [1.82, 2.24) is 0 Å². The Morgan fingerprint density at radius 2 is 0.967 bits per heavy atom. The van der Waals surface area contributed by atoms with E-state index in [1.54, 1.807) is 0 Å². The largest absolute Gasteiger partial charge is 0.454 e. The topological polar surface area (TPSA) is 19.6 Å². The second-order valence-corrected chi connectivity index (χ2v) is 16.4. The van der Waals surface area contributed by atoms with Gasteiger partial charge < -0.3 is 14.2 Å². The molecule has 0 atom stereocenters. The molecule has 2 heterocycles. The average molecular weight is 785 g/mol. The van der Waals surface area contributed by atoms with Crippen molar-refractivity contribution in [2.24, 2.45) is 0 Å². The minimum Gasteiger partial charge on any atom is -0.454 e. The third-order valence-electron chi connectivity index (χ3n) is 11.8. The Bertz CT molecular complexity index is 3550. The highest BCUT2D eigenvalue weighted by Crippen LogP contribution is 2.53. The zero-order valence-electron chi connectivity index (χ0n) is 32.5. The molecule has 0 spiro atoms. The monoisotopic (exact) mass is 784 g/mol. The lowest BCUT2D eigenvalue weighted by molar-refractivity contribution is 0.669. The molecule has 0 aliphatic rings. The van der Waals surface area contributed by atoms with Crippen LogP contribution in [0.4, 0.5) is 34.1 Å². The number of benzene rings is 10. The molecular formula is C56H36N2OS. The van der Waals surface area contributed by atoms with Crippen LogP contribution < -0.4 is 9.80 Å². The summed E-state index contributed by atoms with van der Waals surface area (Å²) < 4.78 is 9.72. The van der Waals surface area contributed by atoms with Crippen molar-refractivity contribution < 1.29 is 4.42 Å². The molecule has 12 aromatic rings. The number of para-hydroxylation sites is 1. The zero-order chi connectivity index (χ0) is 39.6. The Labute approximate surface area is 351 Å². The molecule has 0 aliphatic heterocycles. The first-order valence-corrected chi connectivity index (χ1v) is 21.1. The molecule has 0 bridgehead atoms. The van der Waals surface area contributed by atoms with E-state index in [-0.39, 0.29) is 0 Å². The van der Waals surface area contributed by atoms with Crippen LogP contribution in [0, 0.1) is 0 Å².